The molecular weight excluding hydrogens is 304 g/mol. The summed E-state index contributed by atoms with van der Waals surface area (Å²) in [6.07, 6.45) is 1.55. The lowest BCUT2D eigenvalue weighted by Gasteiger charge is -2.11. The van der Waals surface area contributed by atoms with Gasteiger partial charge in [0.1, 0.15) is 11.4 Å². The van der Waals surface area contributed by atoms with Gasteiger partial charge in [0.25, 0.3) is 5.91 Å². The number of nitrogens with zero attached hydrogens (tertiary/aromatic N) is 1. The van der Waals surface area contributed by atoms with Gasteiger partial charge in [0.15, 0.2) is 0 Å². The third kappa shape index (κ3) is 2.66. The van der Waals surface area contributed by atoms with E-state index in [0.29, 0.717) is 16.3 Å². The van der Waals surface area contributed by atoms with Gasteiger partial charge < -0.3 is 10.4 Å². The zero-order chi connectivity index (χ0) is 15.7. The number of urea groups is 1. The van der Waals surface area contributed by atoms with Gasteiger partial charge in [0.05, 0.1) is 5.69 Å². The summed E-state index contributed by atoms with van der Waals surface area (Å²) in [5.41, 5.74) is 1.31. The maximum Gasteiger partial charge on any atom is 0.333 e. The molecule has 0 saturated carbocycles. The molecule has 0 radical (unpaired) electrons. The maximum atomic E-state index is 12.4. The summed E-state index contributed by atoms with van der Waals surface area (Å²) >= 11 is 5.80. The predicted octanol–water partition coefficient (Wildman–Crippen LogP) is 3.14. The lowest BCUT2D eigenvalue weighted by atomic mass is 10.2. The number of carbonyl (C=O) groups is 2. The predicted molar refractivity (Wildman–Crippen MR) is 83.6 cm³/mol. The Morgan fingerprint density at radius 3 is 2.27 bits per heavy atom. The summed E-state index contributed by atoms with van der Waals surface area (Å²) in [6.45, 7) is 0. The SMILES string of the molecule is O=C1N/C(=C/c2ccc(O)cc2)C(=O)N1c1ccc(Cl)cc1. The number of imide groups is 1. The number of amides is 3. The number of carbonyl (C=O) groups excluding carboxylic acids is 2. The molecule has 1 heterocycles. The summed E-state index contributed by atoms with van der Waals surface area (Å²) in [5.74, 6) is -0.313. The van der Waals surface area contributed by atoms with Crippen LogP contribution in [0.5, 0.6) is 5.75 Å². The topological polar surface area (TPSA) is 69.6 Å². The van der Waals surface area contributed by atoms with Crippen molar-refractivity contribution < 1.29 is 14.7 Å². The lowest BCUT2D eigenvalue weighted by molar-refractivity contribution is -0.113. The zero-order valence-electron chi connectivity index (χ0n) is 11.3. The highest BCUT2D eigenvalue weighted by Crippen LogP contribution is 2.24. The summed E-state index contributed by atoms with van der Waals surface area (Å²) in [4.78, 5) is 25.4. The highest BCUT2D eigenvalue weighted by Gasteiger charge is 2.34. The molecule has 6 heteroatoms. The van der Waals surface area contributed by atoms with Gasteiger partial charge in [-0.1, -0.05) is 23.7 Å². The highest BCUT2D eigenvalue weighted by atomic mass is 35.5. The fraction of sp³-hybridized carbons (Fsp3) is 0. The number of hydrogen-bond acceptors (Lipinski definition) is 3. The van der Waals surface area contributed by atoms with E-state index < -0.39 is 11.9 Å². The molecule has 0 atom stereocenters. The van der Waals surface area contributed by atoms with Crippen molar-refractivity contribution in [3.63, 3.8) is 0 Å². The van der Waals surface area contributed by atoms with E-state index in [4.69, 9.17) is 11.6 Å². The fourth-order valence-corrected chi connectivity index (χ4v) is 2.22. The number of rotatable bonds is 2. The quantitative estimate of drug-likeness (QED) is 0.661. The summed E-state index contributed by atoms with van der Waals surface area (Å²) < 4.78 is 0. The molecule has 2 N–H and O–H groups in total. The Morgan fingerprint density at radius 1 is 1.00 bits per heavy atom. The Hall–Kier alpha value is -2.79. The van der Waals surface area contributed by atoms with Crippen molar-refractivity contribution in [3.8, 4) is 5.75 Å². The molecule has 2 aromatic rings. The van der Waals surface area contributed by atoms with Gasteiger partial charge in [-0.2, -0.15) is 0 Å². The van der Waals surface area contributed by atoms with Crippen molar-refractivity contribution in [2.24, 2.45) is 0 Å². The van der Waals surface area contributed by atoms with E-state index in [2.05, 4.69) is 5.32 Å². The molecule has 3 rings (SSSR count). The summed E-state index contributed by atoms with van der Waals surface area (Å²) in [6, 6.07) is 12.2. The molecule has 0 bridgehead atoms. The van der Waals surface area contributed by atoms with Crippen molar-refractivity contribution in [1.29, 1.82) is 0 Å². The van der Waals surface area contributed by atoms with E-state index in [0.717, 1.165) is 4.90 Å². The molecule has 3 amide bonds. The number of hydrogen-bond donors (Lipinski definition) is 2. The minimum atomic E-state index is -0.516. The molecule has 1 fully saturated rings. The number of aromatic hydroxyl groups is 1. The minimum absolute atomic E-state index is 0.131. The molecule has 0 aliphatic carbocycles. The first-order chi connectivity index (χ1) is 10.5. The molecule has 1 saturated heterocycles. The first-order valence-corrected chi connectivity index (χ1v) is 6.84. The van der Waals surface area contributed by atoms with Gasteiger partial charge in [0.2, 0.25) is 0 Å². The van der Waals surface area contributed by atoms with Gasteiger partial charge in [-0.3, -0.25) is 4.79 Å². The third-order valence-electron chi connectivity index (χ3n) is 3.17. The van der Waals surface area contributed by atoms with Crippen LogP contribution in [-0.2, 0) is 4.79 Å². The number of phenols is 1. The number of phenolic OH excluding ortho intramolecular Hbond substituents is 1. The van der Waals surface area contributed by atoms with Gasteiger partial charge in [-0.15, -0.1) is 0 Å². The van der Waals surface area contributed by atoms with Crippen LogP contribution in [0.1, 0.15) is 5.56 Å². The van der Waals surface area contributed by atoms with Crippen LogP contribution in [0.2, 0.25) is 5.02 Å². The second-order valence-electron chi connectivity index (χ2n) is 4.70. The minimum Gasteiger partial charge on any atom is -0.508 e. The third-order valence-corrected chi connectivity index (χ3v) is 3.42. The molecule has 0 unspecified atom stereocenters. The normalized spacial score (nSPS) is 16.2. The van der Waals surface area contributed by atoms with E-state index in [1.54, 1.807) is 42.5 Å². The molecule has 22 heavy (non-hydrogen) atoms. The molecule has 1 aliphatic rings. The van der Waals surface area contributed by atoms with Crippen LogP contribution in [0.25, 0.3) is 6.08 Å². The molecule has 5 nitrogen and oxygen atoms in total. The van der Waals surface area contributed by atoms with Gasteiger partial charge in [0, 0.05) is 5.02 Å². The number of halogens is 1. The largest absolute Gasteiger partial charge is 0.508 e. The fourth-order valence-electron chi connectivity index (χ4n) is 2.10. The molecule has 0 spiro atoms. The van der Waals surface area contributed by atoms with Crippen molar-refractivity contribution in [3.05, 3.63) is 64.8 Å². The lowest BCUT2D eigenvalue weighted by Crippen LogP contribution is -2.30. The number of anilines is 1. The van der Waals surface area contributed by atoms with Crippen LogP contribution in [0.4, 0.5) is 10.5 Å². The van der Waals surface area contributed by atoms with E-state index in [1.165, 1.54) is 12.1 Å². The van der Waals surface area contributed by atoms with Gasteiger partial charge in [-0.25, -0.2) is 9.69 Å². The first-order valence-electron chi connectivity index (χ1n) is 6.46. The molecule has 0 aromatic heterocycles. The molecule has 1 aliphatic heterocycles. The van der Waals surface area contributed by atoms with Crippen LogP contribution in [-0.4, -0.2) is 17.0 Å². The monoisotopic (exact) mass is 314 g/mol. The highest BCUT2D eigenvalue weighted by molar-refractivity contribution is 6.31. The second kappa shape index (κ2) is 5.54. The second-order valence-corrected chi connectivity index (χ2v) is 5.13. The molecule has 2 aromatic carbocycles. The zero-order valence-corrected chi connectivity index (χ0v) is 12.0. The van der Waals surface area contributed by atoms with Crippen LogP contribution in [0, 0.1) is 0 Å². The van der Waals surface area contributed by atoms with Crippen LogP contribution < -0.4 is 10.2 Å². The summed E-state index contributed by atoms with van der Waals surface area (Å²) in [5, 5.41) is 12.3. The Balaban J connectivity index is 1.91. The van der Waals surface area contributed by atoms with Crippen molar-refractivity contribution in [1.82, 2.24) is 5.32 Å². The Labute approximate surface area is 131 Å². The Morgan fingerprint density at radius 2 is 1.64 bits per heavy atom. The van der Waals surface area contributed by atoms with Crippen molar-refractivity contribution >= 4 is 35.3 Å². The molecular formula is C16H11ClN2O3. The standard InChI is InChI=1S/C16H11ClN2O3/c17-11-3-5-12(6-4-11)19-15(21)14(18-16(19)22)9-10-1-7-13(20)8-2-10/h1-9,20H,(H,18,22)/b14-9+. The smallest absolute Gasteiger partial charge is 0.333 e. The van der Waals surface area contributed by atoms with Crippen molar-refractivity contribution in [2.45, 2.75) is 0 Å². The summed E-state index contributed by atoms with van der Waals surface area (Å²) in [7, 11) is 0. The van der Waals surface area contributed by atoms with E-state index in [1.807, 2.05) is 0 Å². The Kier molecular flexibility index (Phi) is 3.56. The Bertz CT molecular complexity index is 767. The molecule has 110 valence electrons. The van der Waals surface area contributed by atoms with Crippen molar-refractivity contribution in [2.75, 3.05) is 4.90 Å². The average Bonchev–Trinajstić information content (AvgIpc) is 2.77. The number of benzene rings is 2. The average molecular weight is 315 g/mol. The van der Waals surface area contributed by atoms with Crippen LogP contribution >= 0.6 is 11.6 Å². The van der Waals surface area contributed by atoms with Crippen LogP contribution in [0.15, 0.2) is 54.2 Å². The van der Waals surface area contributed by atoms with Crippen LogP contribution in [0.3, 0.4) is 0 Å². The van der Waals surface area contributed by atoms with E-state index in [9.17, 15) is 14.7 Å². The van der Waals surface area contributed by atoms with Gasteiger partial charge in [-0.05, 0) is 48.0 Å². The van der Waals surface area contributed by atoms with Gasteiger partial charge >= 0.3 is 6.03 Å². The van der Waals surface area contributed by atoms with E-state index in [-0.39, 0.29) is 11.4 Å². The number of nitrogens with one attached hydrogen (secondary N) is 1. The van der Waals surface area contributed by atoms with E-state index >= 15 is 0 Å². The first kappa shape index (κ1) is 14.2. The maximum absolute atomic E-state index is 12.4.